The Morgan fingerprint density at radius 1 is 1.35 bits per heavy atom. The largest absolute Gasteiger partial charge is 1.00 e. The van der Waals surface area contributed by atoms with Gasteiger partial charge in [-0.05, 0) is 11.6 Å². The fraction of sp³-hybridized carbons (Fsp3) is 0.385. The first-order valence-corrected chi connectivity index (χ1v) is 7.34. The number of nitrogens with zero attached hydrogens (tertiary/aromatic N) is 2. The lowest BCUT2D eigenvalue weighted by molar-refractivity contribution is -0.678. The minimum atomic E-state index is -0.195. The van der Waals surface area contributed by atoms with Crippen LogP contribution in [0.15, 0.2) is 33.9 Å². The van der Waals surface area contributed by atoms with Crippen molar-refractivity contribution in [3.05, 3.63) is 41.5 Å². The zero-order valence-corrected chi connectivity index (χ0v) is 12.3. The minimum Gasteiger partial charge on any atom is -1.00 e. The molecule has 0 saturated carbocycles. The van der Waals surface area contributed by atoms with E-state index in [2.05, 4.69) is 15.5 Å². The van der Waals surface area contributed by atoms with Crippen molar-refractivity contribution < 1.29 is 26.5 Å². The molecule has 0 radical (unpaired) electrons. The zero-order valence-electron chi connectivity index (χ0n) is 10.8. The Balaban J connectivity index is 0.00000147. The number of hydrogen-bond acceptors (Lipinski definition) is 4. The average Bonchev–Trinajstić information content (AvgIpc) is 3.09. The van der Waals surface area contributed by atoms with Crippen LogP contribution in [0.4, 0.5) is 4.39 Å². The van der Waals surface area contributed by atoms with Gasteiger partial charge >= 0.3 is 0 Å². The first-order valence-electron chi connectivity index (χ1n) is 6.36. The van der Waals surface area contributed by atoms with Crippen molar-refractivity contribution in [2.75, 3.05) is 6.54 Å². The zero-order chi connectivity index (χ0) is 13.1. The summed E-state index contributed by atoms with van der Waals surface area (Å²) in [4.78, 5) is 0. The first kappa shape index (κ1) is 15.3. The molecule has 2 heterocycles. The number of hydrogen-bond donors (Lipinski definition) is 1. The Bertz CT molecular complexity index is 560. The smallest absolute Gasteiger partial charge is 0.277 e. The minimum absolute atomic E-state index is 0. The van der Waals surface area contributed by atoms with E-state index >= 15 is 0 Å². The molecule has 1 atom stereocenters. The fourth-order valence-corrected chi connectivity index (χ4v) is 2.94. The summed E-state index contributed by atoms with van der Waals surface area (Å²) in [7, 11) is 0. The summed E-state index contributed by atoms with van der Waals surface area (Å²) < 4.78 is 19.1. The Kier molecular flexibility index (Phi) is 5.39. The number of quaternary nitrogens is 1. The predicted octanol–water partition coefficient (Wildman–Crippen LogP) is -1.10. The van der Waals surface area contributed by atoms with Crippen LogP contribution in [0.1, 0.15) is 30.3 Å². The van der Waals surface area contributed by atoms with Gasteiger partial charge in [-0.25, -0.2) is 4.39 Å². The molecule has 1 saturated heterocycles. The summed E-state index contributed by atoms with van der Waals surface area (Å²) in [5, 5.41) is 10.8. The van der Waals surface area contributed by atoms with Gasteiger partial charge in [0.05, 0.1) is 6.54 Å². The van der Waals surface area contributed by atoms with Crippen LogP contribution in [0.25, 0.3) is 0 Å². The maximum absolute atomic E-state index is 13.5. The van der Waals surface area contributed by atoms with Crippen molar-refractivity contribution in [2.24, 2.45) is 0 Å². The number of aromatic nitrogens is 2. The molecule has 1 aromatic heterocycles. The van der Waals surface area contributed by atoms with Crippen molar-refractivity contribution in [2.45, 2.75) is 29.9 Å². The van der Waals surface area contributed by atoms with E-state index in [0.29, 0.717) is 28.5 Å². The van der Waals surface area contributed by atoms with E-state index in [1.165, 1.54) is 24.2 Å². The van der Waals surface area contributed by atoms with Crippen LogP contribution in [-0.4, -0.2) is 16.7 Å². The molecule has 1 aliphatic heterocycles. The highest BCUT2D eigenvalue weighted by Crippen LogP contribution is 2.25. The van der Waals surface area contributed by atoms with Crippen LogP contribution in [0.2, 0.25) is 0 Å². The van der Waals surface area contributed by atoms with E-state index in [1.807, 2.05) is 6.07 Å². The number of rotatable bonds is 4. The number of thioether (sulfide) groups is 1. The lowest BCUT2D eigenvalue weighted by atomic mass is 10.2. The fourth-order valence-electron chi connectivity index (χ4n) is 2.18. The summed E-state index contributed by atoms with van der Waals surface area (Å²) in [6.07, 6.45) is 2.27. The molecule has 0 aliphatic carbocycles. The third-order valence-electron chi connectivity index (χ3n) is 3.22. The monoisotopic (exact) mass is 315 g/mol. The highest BCUT2D eigenvalue weighted by Gasteiger charge is 2.26. The Labute approximate surface area is 127 Å². The third kappa shape index (κ3) is 3.50. The van der Waals surface area contributed by atoms with E-state index < -0.39 is 0 Å². The summed E-state index contributed by atoms with van der Waals surface area (Å²) in [6, 6.07) is 7.04. The first-order chi connectivity index (χ1) is 9.33. The van der Waals surface area contributed by atoms with E-state index in [0.717, 1.165) is 13.0 Å². The third-order valence-corrected chi connectivity index (χ3v) is 4.09. The molecule has 1 fully saturated rings. The van der Waals surface area contributed by atoms with Crippen molar-refractivity contribution in [1.82, 2.24) is 10.2 Å². The van der Waals surface area contributed by atoms with E-state index in [4.69, 9.17) is 4.42 Å². The molecule has 1 aliphatic rings. The molecule has 4 nitrogen and oxygen atoms in total. The van der Waals surface area contributed by atoms with Gasteiger partial charge in [0, 0.05) is 18.6 Å². The van der Waals surface area contributed by atoms with Crippen LogP contribution in [0.5, 0.6) is 0 Å². The molecule has 7 heteroatoms. The van der Waals surface area contributed by atoms with Crippen molar-refractivity contribution in [3.63, 3.8) is 0 Å². The molecule has 2 aromatic rings. The summed E-state index contributed by atoms with van der Waals surface area (Å²) in [5.74, 6) is 0.996. The van der Waals surface area contributed by atoms with Gasteiger partial charge in [0.2, 0.25) is 0 Å². The van der Waals surface area contributed by atoms with Gasteiger partial charge in [0.25, 0.3) is 11.1 Å². The van der Waals surface area contributed by atoms with Gasteiger partial charge < -0.3 is 22.1 Å². The van der Waals surface area contributed by atoms with Crippen molar-refractivity contribution in [3.8, 4) is 0 Å². The standard InChI is InChI=1S/C13H14FN3OS.ClH/c14-10-5-2-1-4-9(10)8-19-13-17-16-12(18-13)11-6-3-7-15-11;/h1-2,4-5,11,15H,3,6-8H2;1H/t11-;/m0./s1. The molecule has 1 aromatic carbocycles. The lowest BCUT2D eigenvalue weighted by Gasteiger charge is -2.00. The summed E-state index contributed by atoms with van der Waals surface area (Å²) in [5.41, 5.74) is 0.652. The second kappa shape index (κ2) is 7.06. The second-order valence-electron chi connectivity index (χ2n) is 4.56. The lowest BCUT2D eigenvalue weighted by Crippen LogP contribution is -3.00. The van der Waals surface area contributed by atoms with E-state index in [9.17, 15) is 4.39 Å². The molecule has 0 bridgehead atoms. The Morgan fingerprint density at radius 3 is 2.95 bits per heavy atom. The molecule has 0 unspecified atom stereocenters. The highest BCUT2D eigenvalue weighted by molar-refractivity contribution is 7.98. The number of halogens is 2. The molecule has 0 spiro atoms. The SMILES string of the molecule is Fc1ccccc1CSc1nnc([C@@H]2CCC[NH2+]2)o1.[Cl-]. The van der Waals surface area contributed by atoms with E-state index in [-0.39, 0.29) is 18.2 Å². The van der Waals surface area contributed by atoms with Crippen LogP contribution >= 0.6 is 11.8 Å². The Morgan fingerprint density at radius 2 is 2.20 bits per heavy atom. The van der Waals surface area contributed by atoms with Gasteiger partial charge in [0.1, 0.15) is 5.82 Å². The number of benzene rings is 1. The van der Waals surface area contributed by atoms with E-state index in [1.54, 1.807) is 12.1 Å². The Hall–Kier alpha value is -1.11. The highest BCUT2D eigenvalue weighted by atomic mass is 35.5. The maximum Gasteiger partial charge on any atom is 0.277 e. The molecular formula is C13H15ClFN3OS. The van der Waals surface area contributed by atoms with Gasteiger partial charge in [-0.1, -0.05) is 30.0 Å². The van der Waals surface area contributed by atoms with Gasteiger partial charge in [-0.2, -0.15) is 0 Å². The second-order valence-corrected chi connectivity index (χ2v) is 5.49. The maximum atomic E-state index is 13.5. The molecule has 3 rings (SSSR count). The van der Waals surface area contributed by atoms with Gasteiger partial charge in [0.15, 0.2) is 6.04 Å². The summed E-state index contributed by atoms with van der Waals surface area (Å²) in [6.45, 7) is 1.12. The van der Waals surface area contributed by atoms with Crippen molar-refractivity contribution in [1.29, 1.82) is 0 Å². The normalized spacial score (nSPS) is 17.9. The summed E-state index contributed by atoms with van der Waals surface area (Å²) >= 11 is 1.37. The van der Waals surface area contributed by atoms with Crippen LogP contribution in [-0.2, 0) is 5.75 Å². The topological polar surface area (TPSA) is 55.5 Å². The van der Waals surface area contributed by atoms with Gasteiger partial charge in [-0.3, -0.25) is 0 Å². The van der Waals surface area contributed by atoms with Crippen molar-refractivity contribution >= 4 is 11.8 Å². The molecule has 0 amide bonds. The van der Waals surface area contributed by atoms with Crippen LogP contribution in [0, 0.1) is 5.82 Å². The average molecular weight is 316 g/mol. The quantitative estimate of drug-likeness (QED) is 0.728. The number of nitrogens with two attached hydrogens (primary N) is 1. The van der Waals surface area contributed by atoms with Gasteiger partial charge in [-0.15, -0.1) is 10.2 Å². The molecule has 108 valence electrons. The predicted molar refractivity (Wildman–Crippen MR) is 69.0 cm³/mol. The molecule has 20 heavy (non-hydrogen) atoms. The molecule has 2 N–H and O–H groups in total. The molecular weight excluding hydrogens is 301 g/mol. The van der Waals surface area contributed by atoms with Crippen LogP contribution < -0.4 is 17.7 Å². The van der Waals surface area contributed by atoms with Crippen LogP contribution in [0.3, 0.4) is 0 Å².